The first-order chi connectivity index (χ1) is 14.3. The molecule has 0 radical (unpaired) electrons. The average molecular weight is 411 g/mol. The number of hydrogen-bond donors (Lipinski definition) is 3. The molecule has 9 nitrogen and oxygen atoms in total. The molecule has 4 rings (SSSR count). The molecule has 2 aliphatic rings. The van der Waals surface area contributed by atoms with E-state index in [1.807, 2.05) is 0 Å². The first-order valence-corrected chi connectivity index (χ1v) is 9.21. The second kappa shape index (κ2) is 8.64. The number of nitrogens with zero attached hydrogens (tertiary/aromatic N) is 1. The number of ether oxygens (including phenoxy) is 1. The van der Waals surface area contributed by atoms with Crippen molar-refractivity contribution in [2.45, 2.75) is 25.4 Å². The minimum atomic E-state index is -0.586. The molecule has 3 amide bonds. The number of aromatic hydroxyl groups is 1. The molecule has 1 fully saturated rings. The van der Waals surface area contributed by atoms with E-state index in [-0.39, 0.29) is 24.0 Å². The lowest BCUT2D eigenvalue weighted by Crippen LogP contribution is -2.52. The highest BCUT2D eigenvalue weighted by Crippen LogP contribution is 2.30. The van der Waals surface area contributed by atoms with Gasteiger partial charge in [0.2, 0.25) is 11.8 Å². The van der Waals surface area contributed by atoms with Crippen molar-refractivity contribution in [1.29, 1.82) is 0 Å². The van der Waals surface area contributed by atoms with E-state index in [4.69, 9.17) is 10.8 Å². The fourth-order valence-corrected chi connectivity index (χ4v) is 3.32. The first-order valence-electron chi connectivity index (χ1n) is 9.21. The summed E-state index contributed by atoms with van der Waals surface area (Å²) in [7, 11) is 1.31. The van der Waals surface area contributed by atoms with Crippen LogP contribution in [0.5, 0.6) is 5.75 Å². The number of phenols is 1. The van der Waals surface area contributed by atoms with Crippen LogP contribution in [0.3, 0.4) is 0 Å². The summed E-state index contributed by atoms with van der Waals surface area (Å²) in [6.07, 6.45) is 0.621. The highest BCUT2D eigenvalue weighted by molar-refractivity contribution is 6.06. The maximum atomic E-state index is 12.3. The van der Waals surface area contributed by atoms with Crippen LogP contribution in [-0.2, 0) is 20.9 Å². The predicted molar refractivity (Wildman–Crippen MR) is 106 cm³/mol. The highest BCUT2D eigenvalue weighted by atomic mass is 16.5. The molecule has 30 heavy (non-hydrogen) atoms. The third-order valence-electron chi connectivity index (χ3n) is 4.91. The summed E-state index contributed by atoms with van der Waals surface area (Å²) in [5.41, 5.74) is 8.15. The van der Waals surface area contributed by atoms with Crippen molar-refractivity contribution >= 4 is 29.4 Å². The molecule has 0 aliphatic carbocycles. The number of rotatable bonds is 2. The number of esters is 1. The zero-order valence-electron chi connectivity index (χ0n) is 16.3. The van der Waals surface area contributed by atoms with Gasteiger partial charge in [-0.3, -0.25) is 19.7 Å². The minimum absolute atomic E-state index is 0.137. The van der Waals surface area contributed by atoms with Gasteiger partial charge in [0.1, 0.15) is 11.8 Å². The van der Waals surface area contributed by atoms with Gasteiger partial charge in [0.05, 0.1) is 12.7 Å². The predicted octanol–water partition coefficient (Wildman–Crippen LogP) is 1.21. The van der Waals surface area contributed by atoms with E-state index in [2.05, 4.69) is 10.1 Å². The molecule has 2 heterocycles. The van der Waals surface area contributed by atoms with Gasteiger partial charge in [0, 0.05) is 29.8 Å². The van der Waals surface area contributed by atoms with E-state index in [9.17, 15) is 19.2 Å². The Bertz CT molecular complexity index is 1000. The lowest BCUT2D eigenvalue weighted by Gasteiger charge is -2.29. The van der Waals surface area contributed by atoms with Gasteiger partial charge < -0.3 is 20.5 Å². The zero-order valence-corrected chi connectivity index (χ0v) is 16.3. The Balaban J connectivity index is 0.000000199. The van der Waals surface area contributed by atoms with Crippen molar-refractivity contribution in [1.82, 2.24) is 10.2 Å². The summed E-state index contributed by atoms with van der Waals surface area (Å²) in [5.74, 6) is -1.15. The molecule has 0 bridgehead atoms. The monoisotopic (exact) mass is 411 g/mol. The number of piperidine rings is 1. The van der Waals surface area contributed by atoms with Crippen LogP contribution in [0.15, 0.2) is 42.5 Å². The van der Waals surface area contributed by atoms with Crippen molar-refractivity contribution in [3.8, 4) is 5.75 Å². The summed E-state index contributed by atoms with van der Waals surface area (Å²) in [4.78, 5) is 47.5. The van der Waals surface area contributed by atoms with Crippen molar-refractivity contribution in [2.24, 2.45) is 0 Å². The van der Waals surface area contributed by atoms with Crippen LogP contribution in [0.1, 0.15) is 39.1 Å². The fourth-order valence-electron chi connectivity index (χ4n) is 3.32. The van der Waals surface area contributed by atoms with Crippen LogP contribution in [0.4, 0.5) is 5.69 Å². The summed E-state index contributed by atoms with van der Waals surface area (Å²) in [6, 6.07) is 10.5. The van der Waals surface area contributed by atoms with Crippen LogP contribution in [-0.4, -0.2) is 46.8 Å². The fraction of sp³-hybridized carbons (Fsp3) is 0.238. The van der Waals surface area contributed by atoms with Gasteiger partial charge in [0.25, 0.3) is 5.91 Å². The van der Waals surface area contributed by atoms with Crippen LogP contribution in [0.25, 0.3) is 0 Å². The average Bonchev–Trinajstić information content (AvgIpc) is 3.06. The number of nitrogen functional groups attached to an aromatic ring is 1. The lowest BCUT2D eigenvalue weighted by molar-refractivity contribution is -0.136. The molecule has 2 aromatic carbocycles. The number of carbonyl (C=O) groups is 4. The van der Waals surface area contributed by atoms with E-state index < -0.39 is 17.9 Å². The van der Waals surface area contributed by atoms with Crippen molar-refractivity contribution in [3.05, 3.63) is 59.2 Å². The van der Waals surface area contributed by atoms with Crippen molar-refractivity contribution < 1.29 is 29.0 Å². The third kappa shape index (κ3) is 4.24. The van der Waals surface area contributed by atoms with Gasteiger partial charge in [-0.1, -0.05) is 6.07 Å². The molecule has 0 spiro atoms. The molecule has 9 heteroatoms. The number of methoxy groups -OCH3 is 1. The van der Waals surface area contributed by atoms with Gasteiger partial charge >= 0.3 is 5.97 Å². The Labute approximate surface area is 172 Å². The Morgan fingerprint density at radius 1 is 1.17 bits per heavy atom. The van der Waals surface area contributed by atoms with Crippen LogP contribution < -0.4 is 11.1 Å². The standard InChI is InChI=1S/C13H13N3O3.C8H8O3/c14-9-3-1-2-7-8(9)6-16(13(7)19)10-4-5-11(17)15-12(10)18;1-11-8(10)6-2-4-7(9)5-3-6/h1-3,10H,4-6,14H2,(H,15,17,18);2-5,9H,1H3. The number of phenolic OH excluding ortho intramolecular Hbond substituents is 1. The SMILES string of the molecule is COC(=O)c1ccc(O)cc1.Nc1cccc2c1CN(C1CCC(=O)NC1=O)C2=O. The van der Waals surface area contributed by atoms with Crippen LogP contribution >= 0.6 is 0 Å². The number of nitrogens with two attached hydrogens (primary N) is 1. The van der Waals surface area contributed by atoms with Crippen molar-refractivity contribution in [3.63, 3.8) is 0 Å². The number of imide groups is 1. The lowest BCUT2D eigenvalue weighted by atomic mass is 10.0. The topological polar surface area (TPSA) is 139 Å². The zero-order chi connectivity index (χ0) is 21.8. The summed E-state index contributed by atoms with van der Waals surface area (Å²) in [5, 5.41) is 11.1. The molecule has 1 unspecified atom stereocenters. The Hall–Kier alpha value is -3.88. The number of fused-ring (bicyclic) bond motifs is 1. The minimum Gasteiger partial charge on any atom is -0.508 e. The summed E-state index contributed by atoms with van der Waals surface area (Å²) in [6.45, 7) is 0.327. The van der Waals surface area contributed by atoms with E-state index in [0.717, 1.165) is 5.56 Å². The summed E-state index contributed by atoms with van der Waals surface area (Å²) < 4.78 is 4.46. The van der Waals surface area contributed by atoms with Gasteiger partial charge in [-0.2, -0.15) is 0 Å². The number of nitrogens with one attached hydrogen (secondary N) is 1. The smallest absolute Gasteiger partial charge is 0.337 e. The van der Waals surface area contributed by atoms with E-state index in [1.165, 1.54) is 36.3 Å². The Kier molecular flexibility index (Phi) is 6.01. The number of anilines is 1. The largest absolute Gasteiger partial charge is 0.508 e. The van der Waals surface area contributed by atoms with Crippen LogP contribution in [0, 0.1) is 0 Å². The molecule has 0 aromatic heterocycles. The molecule has 2 aliphatic heterocycles. The first kappa shape index (κ1) is 20.8. The highest BCUT2D eigenvalue weighted by Gasteiger charge is 2.39. The molecular weight excluding hydrogens is 390 g/mol. The maximum absolute atomic E-state index is 12.3. The number of hydrogen-bond acceptors (Lipinski definition) is 7. The molecule has 1 saturated heterocycles. The molecular formula is C21H21N3O6. The maximum Gasteiger partial charge on any atom is 0.337 e. The van der Waals surface area contributed by atoms with Gasteiger partial charge in [-0.05, 0) is 42.8 Å². The molecule has 1 atom stereocenters. The molecule has 4 N–H and O–H groups in total. The van der Waals surface area contributed by atoms with Crippen molar-refractivity contribution in [2.75, 3.05) is 12.8 Å². The molecule has 156 valence electrons. The Morgan fingerprint density at radius 3 is 2.47 bits per heavy atom. The molecule has 2 aromatic rings. The quantitative estimate of drug-likeness (QED) is 0.383. The number of amides is 3. The van der Waals surface area contributed by atoms with Gasteiger partial charge in [0.15, 0.2) is 0 Å². The van der Waals surface area contributed by atoms with Gasteiger partial charge in [-0.15, -0.1) is 0 Å². The Morgan fingerprint density at radius 2 is 1.87 bits per heavy atom. The normalized spacial score (nSPS) is 17.6. The van der Waals surface area contributed by atoms with E-state index >= 15 is 0 Å². The second-order valence-corrected chi connectivity index (χ2v) is 6.81. The van der Waals surface area contributed by atoms with Gasteiger partial charge in [-0.25, -0.2) is 4.79 Å². The number of benzene rings is 2. The number of carbonyl (C=O) groups excluding carboxylic acids is 4. The summed E-state index contributed by atoms with van der Waals surface area (Å²) >= 11 is 0. The van der Waals surface area contributed by atoms with E-state index in [0.29, 0.717) is 29.8 Å². The third-order valence-corrected chi connectivity index (χ3v) is 4.91. The molecule has 0 saturated carbocycles. The second-order valence-electron chi connectivity index (χ2n) is 6.81. The van der Waals surface area contributed by atoms with E-state index in [1.54, 1.807) is 18.2 Å². The van der Waals surface area contributed by atoms with Crippen LogP contribution in [0.2, 0.25) is 0 Å².